The van der Waals surface area contributed by atoms with Crippen LogP contribution in [0.1, 0.15) is 45.2 Å². The summed E-state index contributed by atoms with van der Waals surface area (Å²) in [6, 6.07) is 6.51. The number of halogens is 2. The van der Waals surface area contributed by atoms with E-state index in [0.717, 1.165) is 22.3 Å². The molecule has 1 saturated heterocycles. The molecule has 8 nitrogen and oxygen atoms in total. The summed E-state index contributed by atoms with van der Waals surface area (Å²) < 4.78 is 30.9. The Morgan fingerprint density at radius 3 is 2.97 bits per heavy atom. The topological polar surface area (TPSA) is 119 Å². The van der Waals surface area contributed by atoms with Crippen molar-refractivity contribution in [2.45, 2.75) is 32.2 Å². The van der Waals surface area contributed by atoms with Crippen LogP contribution >= 0.6 is 0 Å². The number of nitrogens with one attached hydrogen (secondary N) is 1. The lowest BCUT2D eigenvalue weighted by Crippen LogP contribution is -2.56. The molecule has 2 aliphatic heterocycles. The first-order chi connectivity index (χ1) is 15.9. The van der Waals surface area contributed by atoms with Gasteiger partial charge in [0.15, 0.2) is 0 Å². The zero-order chi connectivity index (χ0) is 23.5. The van der Waals surface area contributed by atoms with E-state index in [-0.39, 0.29) is 30.5 Å². The van der Waals surface area contributed by atoms with E-state index in [1.165, 1.54) is 18.5 Å². The van der Waals surface area contributed by atoms with Crippen molar-refractivity contribution in [1.82, 2.24) is 15.2 Å². The third-order valence-corrected chi connectivity index (χ3v) is 5.88. The van der Waals surface area contributed by atoms with E-state index in [0.29, 0.717) is 30.9 Å². The molecule has 0 amide bonds. The number of pyridine rings is 1. The molecule has 0 radical (unpaired) electrons. The first-order valence-corrected chi connectivity index (χ1v) is 10.6. The Kier molecular flexibility index (Phi) is 6.77. The molecule has 5 N–H and O–H groups in total. The minimum absolute atomic E-state index is 0.0421. The lowest BCUT2D eigenvalue weighted by Gasteiger charge is -2.38. The van der Waals surface area contributed by atoms with Gasteiger partial charge >= 0.3 is 5.97 Å². The third kappa shape index (κ3) is 5.08. The quantitative estimate of drug-likeness (QED) is 0.451. The molecule has 2 atom stereocenters. The molecule has 0 saturated carbocycles. The van der Waals surface area contributed by atoms with Crippen LogP contribution in [0.25, 0.3) is 0 Å². The standard InChI is InChI=1S/C23H26F2N6O2/c1-13-16(2-3-17-18(13)12-33-23(17)32)20-10-31(11-21(27)30-20)9-14(7-26)8-29-15-4-5-28-19(6-15)22(24)25/h2-8,20-22,30H,9-12,26-27H2,1H3/t20-,21+/m0/s1. The fourth-order valence-electron chi connectivity index (χ4n) is 4.23. The predicted octanol–water partition coefficient (Wildman–Crippen LogP) is 2.47. The minimum Gasteiger partial charge on any atom is -0.457 e. The monoisotopic (exact) mass is 456 g/mol. The van der Waals surface area contributed by atoms with Crippen LogP contribution in [0.2, 0.25) is 0 Å². The summed E-state index contributed by atoms with van der Waals surface area (Å²) in [5, 5.41) is 3.42. The molecule has 10 heteroatoms. The van der Waals surface area contributed by atoms with Gasteiger partial charge in [0.1, 0.15) is 12.3 Å². The second-order valence-electron chi connectivity index (χ2n) is 8.14. The second-order valence-corrected chi connectivity index (χ2v) is 8.14. The number of alkyl halides is 2. The highest BCUT2D eigenvalue weighted by Gasteiger charge is 2.30. The summed E-state index contributed by atoms with van der Waals surface area (Å²) in [6.45, 7) is 4.03. The Morgan fingerprint density at radius 2 is 2.21 bits per heavy atom. The van der Waals surface area contributed by atoms with Crippen molar-refractivity contribution in [3.05, 3.63) is 70.2 Å². The Morgan fingerprint density at radius 1 is 1.39 bits per heavy atom. The van der Waals surface area contributed by atoms with E-state index in [1.807, 2.05) is 13.0 Å². The molecule has 2 aliphatic rings. The van der Waals surface area contributed by atoms with Crippen LogP contribution in [0, 0.1) is 6.92 Å². The first kappa shape index (κ1) is 23.0. The average molecular weight is 456 g/mol. The molecule has 0 unspecified atom stereocenters. The molecule has 0 spiro atoms. The van der Waals surface area contributed by atoms with E-state index in [2.05, 4.69) is 20.2 Å². The van der Waals surface area contributed by atoms with Crippen LogP contribution in [0.5, 0.6) is 0 Å². The zero-order valence-electron chi connectivity index (χ0n) is 18.2. The number of hydrogen-bond donors (Lipinski definition) is 3. The lowest BCUT2D eigenvalue weighted by molar-refractivity contribution is 0.0535. The molecule has 4 rings (SSSR count). The number of aromatic nitrogens is 1. The number of cyclic esters (lactones) is 1. The van der Waals surface area contributed by atoms with E-state index in [1.54, 1.807) is 18.3 Å². The highest BCUT2D eigenvalue weighted by atomic mass is 19.3. The summed E-state index contributed by atoms with van der Waals surface area (Å²) in [5.74, 6) is -0.290. The van der Waals surface area contributed by atoms with E-state index in [4.69, 9.17) is 16.2 Å². The Labute approximate surface area is 190 Å². The van der Waals surface area contributed by atoms with Crippen LogP contribution in [0.15, 0.2) is 47.2 Å². The predicted molar refractivity (Wildman–Crippen MR) is 120 cm³/mol. The van der Waals surface area contributed by atoms with Gasteiger partial charge in [-0.25, -0.2) is 13.6 Å². The van der Waals surface area contributed by atoms with Gasteiger partial charge in [0.05, 0.1) is 17.4 Å². The molecule has 1 aromatic carbocycles. The number of nitrogens with zero attached hydrogens (tertiary/aromatic N) is 3. The van der Waals surface area contributed by atoms with E-state index < -0.39 is 6.43 Å². The maximum absolute atomic E-state index is 12.9. The van der Waals surface area contributed by atoms with Crippen molar-refractivity contribution in [3.8, 4) is 0 Å². The van der Waals surface area contributed by atoms with E-state index >= 15 is 0 Å². The van der Waals surface area contributed by atoms with Crippen LogP contribution in [0.4, 0.5) is 14.5 Å². The SMILES string of the molecule is Cc1c([C@@H]2CN(CC(C=Nc3ccnc(C(F)F)c3)=CN)C[C@H](N)N2)ccc2c1COC2=O. The lowest BCUT2D eigenvalue weighted by atomic mass is 9.92. The highest BCUT2D eigenvalue weighted by molar-refractivity contribution is 5.94. The zero-order valence-corrected chi connectivity index (χ0v) is 18.2. The fraction of sp³-hybridized carbons (Fsp3) is 0.348. The highest BCUT2D eigenvalue weighted by Crippen LogP contribution is 2.30. The molecular formula is C23H26F2N6O2. The number of piperazine rings is 1. The second kappa shape index (κ2) is 9.74. The Bertz CT molecular complexity index is 1100. The van der Waals surface area contributed by atoms with Gasteiger partial charge in [-0.2, -0.15) is 0 Å². The normalized spacial score (nSPS) is 21.6. The fourth-order valence-corrected chi connectivity index (χ4v) is 4.23. The Balaban J connectivity index is 1.47. The molecule has 0 aliphatic carbocycles. The van der Waals surface area contributed by atoms with Crippen LogP contribution in [-0.2, 0) is 11.3 Å². The minimum atomic E-state index is -2.66. The third-order valence-electron chi connectivity index (χ3n) is 5.88. The maximum atomic E-state index is 12.9. The Hall–Kier alpha value is -3.21. The number of ether oxygens (including phenoxy) is 1. The van der Waals surface area contributed by atoms with Crippen molar-refractivity contribution < 1.29 is 18.3 Å². The largest absolute Gasteiger partial charge is 0.457 e. The molecule has 1 fully saturated rings. The molecule has 0 bridgehead atoms. The number of nitrogens with two attached hydrogens (primary N) is 2. The number of hydrogen-bond acceptors (Lipinski definition) is 8. The van der Waals surface area contributed by atoms with Gasteiger partial charge in [-0.1, -0.05) is 6.07 Å². The maximum Gasteiger partial charge on any atom is 0.338 e. The summed E-state index contributed by atoms with van der Waals surface area (Å²) in [4.78, 5) is 21.9. The summed E-state index contributed by atoms with van der Waals surface area (Å²) in [5.41, 5.74) is 16.5. The van der Waals surface area contributed by atoms with Crippen molar-refractivity contribution in [3.63, 3.8) is 0 Å². The number of esters is 1. The molecule has 33 heavy (non-hydrogen) atoms. The van der Waals surface area contributed by atoms with Crippen molar-refractivity contribution in [2.75, 3.05) is 19.6 Å². The van der Waals surface area contributed by atoms with Crippen LogP contribution in [-0.4, -0.2) is 47.9 Å². The van der Waals surface area contributed by atoms with Gasteiger partial charge < -0.3 is 16.2 Å². The van der Waals surface area contributed by atoms with Gasteiger partial charge in [-0.15, -0.1) is 0 Å². The number of benzene rings is 1. The average Bonchev–Trinajstić information content (AvgIpc) is 3.18. The van der Waals surface area contributed by atoms with Crippen molar-refractivity contribution in [1.29, 1.82) is 0 Å². The summed E-state index contributed by atoms with van der Waals surface area (Å²) in [6.07, 6.45) is 1.40. The van der Waals surface area contributed by atoms with Crippen molar-refractivity contribution >= 4 is 17.9 Å². The van der Waals surface area contributed by atoms with Gasteiger partial charge in [0.25, 0.3) is 6.43 Å². The number of fused-ring (bicyclic) bond motifs is 1. The molecule has 174 valence electrons. The number of rotatable bonds is 6. The van der Waals surface area contributed by atoms with E-state index in [9.17, 15) is 13.6 Å². The van der Waals surface area contributed by atoms with Gasteiger partial charge in [-0.3, -0.25) is 20.2 Å². The van der Waals surface area contributed by atoms with Gasteiger partial charge in [0.2, 0.25) is 0 Å². The first-order valence-electron chi connectivity index (χ1n) is 10.6. The summed E-state index contributed by atoms with van der Waals surface area (Å²) in [7, 11) is 0. The number of carbonyl (C=O) groups is 1. The molecule has 3 heterocycles. The molecular weight excluding hydrogens is 430 g/mol. The summed E-state index contributed by atoms with van der Waals surface area (Å²) >= 11 is 0. The molecule has 2 aromatic rings. The van der Waals surface area contributed by atoms with Crippen LogP contribution in [0.3, 0.4) is 0 Å². The number of carbonyl (C=O) groups excluding carboxylic acids is 1. The van der Waals surface area contributed by atoms with Crippen LogP contribution < -0.4 is 16.8 Å². The number of aliphatic imine (C=N–C) groups is 1. The smallest absolute Gasteiger partial charge is 0.338 e. The van der Waals surface area contributed by atoms with Gasteiger partial charge in [-0.05, 0) is 48.0 Å². The van der Waals surface area contributed by atoms with Crippen molar-refractivity contribution in [2.24, 2.45) is 16.5 Å². The molecule has 1 aromatic heterocycles. The van der Waals surface area contributed by atoms with Gasteiger partial charge in [0, 0.05) is 43.7 Å².